The van der Waals surface area contributed by atoms with Crippen LogP contribution in [0.5, 0.6) is 0 Å². The Balaban J connectivity index is 2.60. The molecule has 1 aliphatic heterocycles. The summed E-state index contributed by atoms with van der Waals surface area (Å²) in [5.41, 5.74) is 0. The predicted molar refractivity (Wildman–Crippen MR) is 30.4 cm³/mol. The quantitative estimate of drug-likeness (QED) is 0.496. The Morgan fingerprint density at radius 1 is 1.60 bits per heavy atom. The zero-order valence-electron chi connectivity index (χ0n) is 5.39. The summed E-state index contributed by atoms with van der Waals surface area (Å²) >= 11 is 0. The molecule has 0 bridgehead atoms. The molecule has 57 valence electrons. The molecule has 0 aromatic heterocycles. The van der Waals surface area contributed by atoms with Crippen molar-refractivity contribution in [2.45, 2.75) is 18.6 Å². The predicted octanol–water partition coefficient (Wildman–Crippen LogP) is 0.574. The second kappa shape index (κ2) is 2.14. The molecule has 0 aliphatic carbocycles. The van der Waals surface area contributed by atoms with E-state index >= 15 is 0 Å². The van der Waals surface area contributed by atoms with Crippen LogP contribution in [0.4, 0.5) is 13.2 Å². The van der Waals surface area contributed by atoms with Gasteiger partial charge in [0.05, 0.1) is 13.5 Å². The summed E-state index contributed by atoms with van der Waals surface area (Å²) in [6, 6.07) is -1.41. The zero-order valence-corrected chi connectivity index (χ0v) is 5.39. The SMILES string of the molecule is CN1[N+]=CCC1C(F)(F)F. The van der Waals surface area contributed by atoms with Gasteiger partial charge in [0, 0.05) is 0 Å². The van der Waals surface area contributed by atoms with Gasteiger partial charge >= 0.3 is 6.18 Å². The van der Waals surface area contributed by atoms with Gasteiger partial charge in [0.15, 0.2) is 11.1 Å². The minimum Gasteiger partial charge on any atom is -0.168 e. The topological polar surface area (TPSA) is 17.3 Å². The van der Waals surface area contributed by atoms with Gasteiger partial charge in [0.2, 0.25) is 0 Å². The van der Waals surface area contributed by atoms with E-state index in [1.165, 1.54) is 13.3 Å². The van der Waals surface area contributed by atoms with Crippen LogP contribution in [0, 0.1) is 0 Å². The van der Waals surface area contributed by atoms with Crippen molar-refractivity contribution in [1.82, 2.24) is 10.1 Å². The summed E-state index contributed by atoms with van der Waals surface area (Å²) < 4.78 is 35.7. The third kappa shape index (κ3) is 1.22. The Morgan fingerprint density at radius 2 is 2.20 bits per heavy atom. The van der Waals surface area contributed by atoms with Gasteiger partial charge in [0.25, 0.3) is 6.21 Å². The molecule has 10 heavy (non-hydrogen) atoms. The van der Waals surface area contributed by atoms with Crippen LogP contribution >= 0.6 is 0 Å². The second-order valence-electron chi connectivity index (χ2n) is 2.16. The summed E-state index contributed by atoms with van der Waals surface area (Å²) in [5, 5.41) is 4.40. The number of hydrogen-bond acceptors (Lipinski definition) is 2. The molecule has 0 saturated carbocycles. The molecule has 0 aromatic rings. The number of rotatable bonds is 0. The Morgan fingerprint density at radius 3 is 2.40 bits per heavy atom. The van der Waals surface area contributed by atoms with Crippen molar-refractivity contribution in [2.24, 2.45) is 0 Å². The molecule has 2 nitrogen and oxygen atoms in total. The molecule has 0 spiro atoms. The van der Waals surface area contributed by atoms with E-state index in [4.69, 9.17) is 0 Å². The van der Waals surface area contributed by atoms with Crippen molar-refractivity contribution in [3.63, 3.8) is 0 Å². The van der Waals surface area contributed by atoms with Crippen LogP contribution in [-0.4, -0.2) is 30.5 Å². The third-order valence-electron chi connectivity index (χ3n) is 1.42. The maximum Gasteiger partial charge on any atom is 0.414 e. The van der Waals surface area contributed by atoms with Gasteiger partial charge in [-0.2, -0.15) is 13.2 Å². The van der Waals surface area contributed by atoms with Gasteiger partial charge in [-0.05, 0) is 0 Å². The van der Waals surface area contributed by atoms with Crippen LogP contribution in [-0.2, 0) is 0 Å². The highest BCUT2D eigenvalue weighted by molar-refractivity contribution is 5.58. The van der Waals surface area contributed by atoms with E-state index < -0.39 is 12.2 Å². The first-order valence-electron chi connectivity index (χ1n) is 2.84. The second-order valence-corrected chi connectivity index (χ2v) is 2.16. The molecule has 0 fully saturated rings. The highest BCUT2D eigenvalue weighted by atomic mass is 19.4. The van der Waals surface area contributed by atoms with E-state index in [2.05, 4.69) is 5.10 Å². The molecule has 1 rings (SSSR count). The monoisotopic (exact) mass is 152 g/mol. The molecule has 0 amide bonds. The van der Waals surface area contributed by atoms with E-state index in [1.807, 2.05) is 0 Å². The maximum atomic E-state index is 11.9. The lowest BCUT2D eigenvalue weighted by Gasteiger charge is -2.13. The van der Waals surface area contributed by atoms with E-state index in [1.54, 1.807) is 0 Å². The van der Waals surface area contributed by atoms with Gasteiger partial charge in [-0.25, -0.2) is 0 Å². The fraction of sp³-hybridized carbons (Fsp3) is 0.800. The minimum atomic E-state index is -4.15. The molecule has 0 N–H and O–H groups in total. The van der Waals surface area contributed by atoms with E-state index in [9.17, 15) is 13.2 Å². The van der Waals surface area contributed by atoms with Gasteiger partial charge < -0.3 is 0 Å². The lowest BCUT2D eigenvalue weighted by molar-refractivity contribution is -0.177. The summed E-state index contributed by atoms with van der Waals surface area (Å²) in [4.78, 5) is 0. The maximum absolute atomic E-state index is 11.9. The fourth-order valence-electron chi connectivity index (χ4n) is 0.854. The minimum absolute atomic E-state index is 0.0278. The lowest BCUT2D eigenvalue weighted by atomic mass is 10.2. The van der Waals surface area contributed by atoms with Crippen molar-refractivity contribution in [1.29, 1.82) is 0 Å². The van der Waals surface area contributed by atoms with Gasteiger partial charge in [-0.3, -0.25) is 0 Å². The Labute approximate surface area is 56.3 Å². The van der Waals surface area contributed by atoms with E-state index in [0.717, 1.165) is 5.01 Å². The van der Waals surface area contributed by atoms with Crippen LogP contribution in [0.2, 0.25) is 0 Å². The van der Waals surface area contributed by atoms with Crippen molar-refractivity contribution in [2.75, 3.05) is 7.05 Å². The normalized spacial score (nSPS) is 26.0. The molecule has 0 aromatic carbocycles. The molecule has 0 saturated heterocycles. The zero-order chi connectivity index (χ0) is 7.78. The summed E-state index contributed by atoms with van der Waals surface area (Å²) in [6.07, 6.45) is -2.90. The van der Waals surface area contributed by atoms with Crippen LogP contribution < -0.4 is 5.10 Å². The summed E-state index contributed by atoms with van der Waals surface area (Å²) in [7, 11) is 1.32. The molecular formula is C5H7F3N2+. The standard InChI is InChI=1S/C5H7F3N2/c1-10-4(2-3-9-10)5(6,7)8/h3-4H,2H2,1H3/q+1. The first kappa shape index (κ1) is 7.37. The van der Waals surface area contributed by atoms with E-state index in [0.29, 0.717) is 0 Å². The van der Waals surface area contributed by atoms with Gasteiger partial charge in [0.1, 0.15) is 0 Å². The highest BCUT2D eigenvalue weighted by Crippen LogP contribution is 2.26. The number of hydrazone groups is 1. The lowest BCUT2D eigenvalue weighted by Crippen LogP contribution is -2.40. The molecular weight excluding hydrogens is 145 g/mol. The van der Waals surface area contributed by atoms with Gasteiger partial charge in [-0.1, -0.05) is 0 Å². The number of halogens is 3. The van der Waals surface area contributed by atoms with Crippen molar-refractivity contribution in [3.05, 3.63) is 0 Å². The Kier molecular flexibility index (Phi) is 1.58. The highest BCUT2D eigenvalue weighted by Gasteiger charge is 2.48. The number of hydrogen-bond donors (Lipinski definition) is 0. The number of alkyl halides is 3. The molecule has 1 unspecified atom stereocenters. The first-order valence-corrected chi connectivity index (χ1v) is 2.84. The van der Waals surface area contributed by atoms with Crippen molar-refractivity contribution < 1.29 is 13.2 Å². The summed E-state index contributed by atoms with van der Waals surface area (Å²) in [5.74, 6) is 0. The molecule has 1 radical (unpaired) electrons. The molecule has 1 atom stereocenters. The summed E-state index contributed by atoms with van der Waals surface area (Å²) in [6.45, 7) is 0. The van der Waals surface area contributed by atoms with Crippen molar-refractivity contribution >= 4 is 6.21 Å². The average molecular weight is 152 g/mol. The largest absolute Gasteiger partial charge is 0.414 e. The average Bonchev–Trinajstić information content (AvgIpc) is 2.11. The fourth-order valence-corrected chi connectivity index (χ4v) is 0.854. The molecule has 5 heteroatoms. The van der Waals surface area contributed by atoms with Crippen LogP contribution in [0.1, 0.15) is 6.42 Å². The van der Waals surface area contributed by atoms with Crippen LogP contribution in [0.15, 0.2) is 0 Å². The third-order valence-corrected chi connectivity index (χ3v) is 1.42. The van der Waals surface area contributed by atoms with Crippen LogP contribution in [0.25, 0.3) is 0 Å². The van der Waals surface area contributed by atoms with E-state index in [-0.39, 0.29) is 6.42 Å². The first-order chi connectivity index (χ1) is 4.52. The smallest absolute Gasteiger partial charge is 0.168 e. The Bertz CT molecular complexity index is 151. The Hall–Kier alpha value is -0.740. The molecule has 1 heterocycles. The van der Waals surface area contributed by atoms with Crippen molar-refractivity contribution in [3.8, 4) is 0 Å². The van der Waals surface area contributed by atoms with Gasteiger partial charge in [-0.15, -0.1) is 5.01 Å². The molecule has 1 aliphatic rings. The van der Waals surface area contributed by atoms with Crippen LogP contribution in [0.3, 0.4) is 0 Å². The number of nitrogens with zero attached hydrogens (tertiary/aromatic N) is 2.